The normalized spacial score (nSPS) is 19.0. The second-order valence-corrected chi connectivity index (χ2v) is 12.3. The van der Waals surface area contributed by atoms with Crippen molar-refractivity contribution < 1.29 is 48.3 Å². The molecular weight excluding hydrogens is 588 g/mol. The minimum absolute atomic E-state index is 0.183. The van der Waals surface area contributed by atoms with E-state index in [1.165, 1.54) is 36.1 Å². The number of hydrogen-bond acceptors (Lipinski definition) is 5. The van der Waals surface area contributed by atoms with Crippen molar-refractivity contribution in [3.8, 4) is 0 Å². The Hall–Kier alpha value is -3.56. The van der Waals surface area contributed by atoms with Gasteiger partial charge >= 0.3 is 18.0 Å². The summed E-state index contributed by atoms with van der Waals surface area (Å²) in [5.74, 6) is -1.37. The summed E-state index contributed by atoms with van der Waals surface area (Å²) in [6.07, 6.45) is -10.6. The van der Waals surface area contributed by atoms with Gasteiger partial charge in [0.15, 0.2) is 9.84 Å². The van der Waals surface area contributed by atoms with E-state index in [9.17, 15) is 48.3 Å². The second kappa shape index (κ2) is 9.77. The van der Waals surface area contributed by atoms with Crippen molar-refractivity contribution in [2.24, 2.45) is 0 Å². The second-order valence-electron chi connectivity index (χ2n) is 10.1. The number of sulfone groups is 1. The Morgan fingerprint density at radius 3 is 1.95 bits per heavy atom. The van der Waals surface area contributed by atoms with Gasteiger partial charge in [-0.05, 0) is 50.1 Å². The first-order chi connectivity index (χ1) is 18.8. The molecule has 16 heteroatoms. The van der Waals surface area contributed by atoms with Crippen molar-refractivity contribution in [1.82, 2.24) is 19.7 Å². The molecule has 2 heterocycles. The largest absolute Gasteiger partial charge is 0.435 e. The standard InChI is InChI=1S/C25H22F8N4O3S/c1-21(2,37-15-34-14-35-37)20(38)36-12-11-22(13-36,41(39,40)19-9-7-18(26)8-10-19)16-3-5-17(6-4-16)23(27,24(28,29)30)25(31,32)33/h3-10,14-15H,11-13H2,1-2H3. The molecule has 0 spiro atoms. The highest BCUT2D eigenvalue weighted by molar-refractivity contribution is 7.92. The van der Waals surface area contributed by atoms with Crippen molar-refractivity contribution in [2.75, 3.05) is 13.1 Å². The molecule has 0 radical (unpaired) electrons. The maximum Gasteiger partial charge on any atom is 0.435 e. The Balaban J connectivity index is 1.83. The molecule has 1 aliphatic heterocycles. The lowest BCUT2D eigenvalue weighted by Gasteiger charge is -2.33. The van der Waals surface area contributed by atoms with Crippen LogP contribution in [-0.2, 0) is 30.6 Å². The van der Waals surface area contributed by atoms with E-state index in [1.807, 2.05) is 0 Å². The predicted molar refractivity (Wildman–Crippen MR) is 127 cm³/mol. The first-order valence-corrected chi connectivity index (χ1v) is 13.4. The number of alkyl halides is 7. The SMILES string of the molecule is CC(C)(C(=O)N1CCC(c2ccc(C(F)(C(F)(F)F)C(F)(F)F)cc2)(S(=O)(=O)c2ccc(F)cc2)C1)n1cncn1. The molecule has 41 heavy (non-hydrogen) atoms. The van der Waals surface area contributed by atoms with Crippen molar-refractivity contribution in [1.29, 1.82) is 0 Å². The lowest BCUT2D eigenvalue weighted by Crippen LogP contribution is -2.50. The van der Waals surface area contributed by atoms with Crippen LogP contribution in [0, 0.1) is 5.82 Å². The zero-order chi connectivity index (χ0) is 30.6. The van der Waals surface area contributed by atoms with Crippen LogP contribution in [0.4, 0.5) is 35.1 Å². The zero-order valence-electron chi connectivity index (χ0n) is 21.3. The van der Waals surface area contributed by atoms with E-state index in [0.717, 1.165) is 24.3 Å². The van der Waals surface area contributed by atoms with Gasteiger partial charge in [0.2, 0.25) is 5.91 Å². The fourth-order valence-electron chi connectivity index (χ4n) is 4.88. The van der Waals surface area contributed by atoms with Crippen LogP contribution in [0.1, 0.15) is 31.4 Å². The van der Waals surface area contributed by atoms with Crippen molar-refractivity contribution in [2.45, 2.75) is 53.5 Å². The van der Waals surface area contributed by atoms with Crippen molar-refractivity contribution in [3.05, 3.63) is 78.1 Å². The van der Waals surface area contributed by atoms with Crippen LogP contribution in [0.15, 0.2) is 66.1 Å². The molecule has 2 aromatic carbocycles. The van der Waals surface area contributed by atoms with Gasteiger partial charge < -0.3 is 4.90 Å². The molecule has 1 atom stereocenters. The van der Waals surface area contributed by atoms with E-state index in [1.54, 1.807) is 0 Å². The molecule has 1 unspecified atom stereocenters. The van der Waals surface area contributed by atoms with Gasteiger partial charge in [0.25, 0.3) is 0 Å². The first kappa shape index (κ1) is 30.4. The molecule has 1 saturated heterocycles. The third-order valence-corrected chi connectivity index (χ3v) is 9.75. The number of hydrogen-bond donors (Lipinski definition) is 0. The number of carbonyl (C=O) groups is 1. The molecule has 4 rings (SSSR count). The van der Waals surface area contributed by atoms with E-state index in [2.05, 4.69) is 10.1 Å². The maximum absolute atomic E-state index is 14.6. The fraction of sp³-hybridized carbons (Fsp3) is 0.400. The van der Waals surface area contributed by atoms with E-state index >= 15 is 0 Å². The van der Waals surface area contributed by atoms with E-state index < -0.39 is 66.9 Å². The summed E-state index contributed by atoms with van der Waals surface area (Å²) >= 11 is 0. The summed E-state index contributed by atoms with van der Waals surface area (Å²) in [5, 5.41) is 3.94. The Morgan fingerprint density at radius 2 is 1.46 bits per heavy atom. The monoisotopic (exact) mass is 610 g/mol. The van der Waals surface area contributed by atoms with Crippen LogP contribution in [0.25, 0.3) is 0 Å². The number of amides is 1. The summed E-state index contributed by atoms with van der Waals surface area (Å²) in [5.41, 5.74) is -9.16. The quantitative estimate of drug-likeness (QED) is 0.289. The highest BCUT2D eigenvalue weighted by Crippen LogP contribution is 2.54. The molecule has 1 fully saturated rings. The Bertz CT molecular complexity index is 1510. The van der Waals surface area contributed by atoms with Crippen LogP contribution in [0.2, 0.25) is 0 Å². The Kier molecular flexibility index (Phi) is 7.24. The number of nitrogens with zero attached hydrogens (tertiary/aromatic N) is 4. The first-order valence-electron chi connectivity index (χ1n) is 11.9. The minimum Gasteiger partial charge on any atom is -0.339 e. The summed E-state index contributed by atoms with van der Waals surface area (Å²) in [4.78, 5) is 18.0. The van der Waals surface area contributed by atoms with Gasteiger partial charge in [0, 0.05) is 18.7 Å². The summed E-state index contributed by atoms with van der Waals surface area (Å²) in [6.45, 7) is 2.23. The fourth-order valence-corrected chi connectivity index (χ4v) is 6.96. The molecule has 3 aromatic rings. The zero-order valence-corrected chi connectivity index (χ0v) is 22.2. The molecule has 0 bridgehead atoms. The minimum atomic E-state index is -6.37. The molecule has 1 aliphatic rings. The highest BCUT2D eigenvalue weighted by Gasteiger charge is 2.73. The van der Waals surface area contributed by atoms with Gasteiger partial charge in [-0.3, -0.25) is 4.79 Å². The van der Waals surface area contributed by atoms with E-state index in [4.69, 9.17) is 0 Å². The van der Waals surface area contributed by atoms with Gasteiger partial charge in [0.1, 0.15) is 28.8 Å². The van der Waals surface area contributed by atoms with E-state index in [0.29, 0.717) is 12.1 Å². The number of halogens is 8. The van der Waals surface area contributed by atoms with Crippen LogP contribution in [-0.4, -0.2) is 59.4 Å². The number of likely N-dealkylation sites (tertiary alicyclic amines) is 1. The molecule has 1 amide bonds. The lowest BCUT2D eigenvalue weighted by atomic mass is 9.90. The molecule has 7 nitrogen and oxygen atoms in total. The molecule has 0 N–H and O–H groups in total. The van der Waals surface area contributed by atoms with Crippen molar-refractivity contribution >= 4 is 15.7 Å². The highest BCUT2D eigenvalue weighted by atomic mass is 32.2. The van der Waals surface area contributed by atoms with Crippen LogP contribution < -0.4 is 0 Å². The number of carbonyl (C=O) groups excluding carboxylic acids is 1. The molecule has 1 aromatic heterocycles. The summed E-state index contributed by atoms with van der Waals surface area (Å²) < 4.78 is 135. The van der Waals surface area contributed by atoms with Crippen LogP contribution in [0.5, 0.6) is 0 Å². The molecular formula is C25H22F8N4O3S. The molecule has 0 aliphatic carbocycles. The third-order valence-electron chi connectivity index (χ3n) is 7.26. The van der Waals surface area contributed by atoms with Gasteiger partial charge in [-0.2, -0.15) is 31.4 Å². The third kappa shape index (κ3) is 4.75. The van der Waals surface area contributed by atoms with Gasteiger partial charge in [-0.15, -0.1) is 0 Å². The van der Waals surface area contributed by atoms with Gasteiger partial charge in [0.05, 0.1) is 4.90 Å². The smallest absolute Gasteiger partial charge is 0.339 e. The Morgan fingerprint density at radius 1 is 0.902 bits per heavy atom. The maximum atomic E-state index is 14.6. The van der Waals surface area contributed by atoms with Crippen molar-refractivity contribution in [3.63, 3.8) is 0 Å². The topological polar surface area (TPSA) is 85.2 Å². The molecule has 222 valence electrons. The molecule has 0 saturated carbocycles. The van der Waals surface area contributed by atoms with Crippen LogP contribution >= 0.6 is 0 Å². The van der Waals surface area contributed by atoms with E-state index in [-0.39, 0.29) is 30.7 Å². The lowest BCUT2D eigenvalue weighted by molar-refractivity contribution is -0.348. The predicted octanol–water partition coefficient (Wildman–Crippen LogP) is 5.04. The number of aromatic nitrogens is 3. The number of benzene rings is 2. The summed E-state index contributed by atoms with van der Waals surface area (Å²) in [7, 11) is -4.57. The van der Waals surface area contributed by atoms with Crippen LogP contribution in [0.3, 0.4) is 0 Å². The van der Waals surface area contributed by atoms with Gasteiger partial charge in [-0.1, -0.05) is 24.3 Å². The van der Waals surface area contributed by atoms with Gasteiger partial charge in [-0.25, -0.2) is 26.9 Å². The average molecular weight is 611 g/mol. The number of rotatable bonds is 6. The average Bonchev–Trinajstić information content (AvgIpc) is 3.59. The summed E-state index contributed by atoms with van der Waals surface area (Å²) in [6, 6.07) is 5.40. The Labute approximate surface area is 228 Å².